The predicted octanol–water partition coefficient (Wildman–Crippen LogP) is 2.38. The van der Waals surface area contributed by atoms with Crippen LogP contribution in [-0.4, -0.2) is 39.8 Å². The molecule has 5 nitrogen and oxygen atoms in total. The minimum atomic E-state index is -1.62. The standard InChI is InChI=1S/C22H30O5/c1-19-8-6-14(24)10-13(19)4-5-16-15-7-9-22(27,18(26)12-23)20(15,2)11-17(25)21(16,19)3/h10,15-16,23,27H,4-9,11-12H2,1-3H3/t15-,16-,19-,20-,21+,22-/m0/s1. The highest BCUT2D eigenvalue weighted by molar-refractivity contribution is 5.95. The lowest BCUT2D eigenvalue weighted by Gasteiger charge is -2.63. The summed E-state index contributed by atoms with van der Waals surface area (Å²) in [5.74, 6) is -0.160. The van der Waals surface area contributed by atoms with Crippen LogP contribution in [0.1, 0.15) is 65.7 Å². The minimum absolute atomic E-state index is 0.0664. The van der Waals surface area contributed by atoms with Crippen molar-refractivity contribution in [1.82, 2.24) is 0 Å². The number of hydrogen-bond acceptors (Lipinski definition) is 5. The van der Waals surface area contributed by atoms with Crippen molar-refractivity contribution in [2.75, 3.05) is 6.61 Å². The Morgan fingerprint density at radius 2 is 1.81 bits per heavy atom. The van der Waals surface area contributed by atoms with Crippen LogP contribution in [0.2, 0.25) is 0 Å². The summed E-state index contributed by atoms with van der Waals surface area (Å²) in [6, 6.07) is 0. The molecule has 6 atom stereocenters. The number of fused-ring (bicyclic) bond motifs is 5. The molecule has 4 aliphatic rings. The van der Waals surface area contributed by atoms with Crippen LogP contribution in [0.15, 0.2) is 11.6 Å². The van der Waals surface area contributed by atoms with Crippen LogP contribution in [0, 0.1) is 28.1 Å². The van der Waals surface area contributed by atoms with E-state index in [0.717, 1.165) is 18.4 Å². The van der Waals surface area contributed by atoms with Crippen molar-refractivity contribution in [2.24, 2.45) is 28.1 Å². The molecule has 0 spiro atoms. The van der Waals surface area contributed by atoms with Gasteiger partial charge in [0.05, 0.1) is 0 Å². The van der Waals surface area contributed by atoms with Gasteiger partial charge in [0.2, 0.25) is 0 Å². The maximum atomic E-state index is 13.6. The number of carbonyl (C=O) groups excluding carboxylic acids is 3. The van der Waals surface area contributed by atoms with E-state index in [0.29, 0.717) is 25.7 Å². The molecule has 0 unspecified atom stereocenters. The first-order chi connectivity index (χ1) is 12.5. The van der Waals surface area contributed by atoms with E-state index in [1.807, 2.05) is 6.92 Å². The summed E-state index contributed by atoms with van der Waals surface area (Å²) < 4.78 is 0. The van der Waals surface area contributed by atoms with Crippen molar-refractivity contribution in [3.63, 3.8) is 0 Å². The topological polar surface area (TPSA) is 91.7 Å². The number of aliphatic hydroxyl groups is 2. The lowest BCUT2D eigenvalue weighted by molar-refractivity contribution is -0.183. The van der Waals surface area contributed by atoms with Crippen LogP contribution >= 0.6 is 0 Å². The normalized spacial score (nSPS) is 49.1. The van der Waals surface area contributed by atoms with Crippen LogP contribution in [0.4, 0.5) is 0 Å². The van der Waals surface area contributed by atoms with Gasteiger partial charge in [-0.05, 0) is 50.0 Å². The average molecular weight is 374 g/mol. The molecule has 5 heteroatoms. The monoisotopic (exact) mass is 374 g/mol. The van der Waals surface area contributed by atoms with Gasteiger partial charge in [-0.15, -0.1) is 0 Å². The Kier molecular flexibility index (Phi) is 3.94. The van der Waals surface area contributed by atoms with Gasteiger partial charge in [-0.2, -0.15) is 0 Å². The fourth-order valence-electron chi connectivity index (χ4n) is 7.33. The third-order valence-electron chi connectivity index (χ3n) is 9.31. The number of carbonyl (C=O) groups is 3. The molecule has 0 bridgehead atoms. The van der Waals surface area contributed by atoms with Gasteiger partial charge in [-0.3, -0.25) is 14.4 Å². The van der Waals surface area contributed by atoms with Gasteiger partial charge in [-0.1, -0.05) is 26.3 Å². The molecule has 0 aromatic heterocycles. The molecule has 27 heavy (non-hydrogen) atoms. The van der Waals surface area contributed by atoms with E-state index in [4.69, 9.17) is 0 Å². The summed E-state index contributed by atoms with van der Waals surface area (Å²) in [7, 11) is 0. The van der Waals surface area contributed by atoms with E-state index in [-0.39, 0.29) is 35.2 Å². The van der Waals surface area contributed by atoms with Crippen LogP contribution in [0.5, 0.6) is 0 Å². The van der Waals surface area contributed by atoms with E-state index in [2.05, 4.69) is 13.8 Å². The molecule has 0 heterocycles. The number of rotatable bonds is 2. The molecule has 4 rings (SSSR count). The molecule has 0 aromatic carbocycles. The molecule has 3 fully saturated rings. The summed E-state index contributed by atoms with van der Waals surface area (Å²) in [5.41, 5.74) is -2.24. The maximum Gasteiger partial charge on any atom is 0.190 e. The van der Waals surface area contributed by atoms with Crippen LogP contribution in [-0.2, 0) is 14.4 Å². The van der Waals surface area contributed by atoms with Crippen LogP contribution in [0.3, 0.4) is 0 Å². The highest BCUT2D eigenvalue weighted by Gasteiger charge is 2.72. The molecule has 2 N–H and O–H groups in total. The van der Waals surface area contributed by atoms with E-state index in [1.54, 1.807) is 6.08 Å². The maximum absolute atomic E-state index is 13.6. The zero-order valence-electron chi connectivity index (χ0n) is 16.5. The summed E-state index contributed by atoms with van der Waals surface area (Å²) in [4.78, 5) is 38.0. The Morgan fingerprint density at radius 3 is 2.48 bits per heavy atom. The molecule has 148 valence electrons. The quantitative estimate of drug-likeness (QED) is 0.774. The SMILES string of the molecule is C[C@]12CCC(=O)C=C1CC[C@H]1[C@@H]3CC[C@](O)(C(=O)CO)[C@@]3(C)CC(=O)[C@@]12C. The van der Waals surface area contributed by atoms with Crippen molar-refractivity contribution in [1.29, 1.82) is 0 Å². The minimum Gasteiger partial charge on any atom is -0.388 e. The number of allylic oxidation sites excluding steroid dienone is 1. The zero-order chi connectivity index (χ0) is 19.8. The first-order valence-corrected chi connectivity index (χ1v) is 10.2. The van der Waals surface area contributed by atoms with Crippen molar-refractivity contribution in [3.8, 4) is 0 Å². The van der Waals surface area contributed by atoms with Crippen molar-refractivity contribution < 1.29 is 24.6 Å². The van der Waals surface area contributed by atoms with E-state index in [1.165, 1.54) is 0 Å². The average Bonchev–Trinajstić information content (AvgIpc) is 2.88. The number of aliphatic hydroxyl groups excluding tert-OH is 1. The van der Waals surface area contributed by atoms with E-state index < -0.39 is 28.8 Å². The van der Waals surface area contributed by atoms with Gasteiger partial charge in [0.25, 0.3) is 0 Å². The molecule has 0 amide bonds. The van der Waals surface area contributed by atoms with E-state index >= 15 is 0 Å². The number of ketones is 3. The summed E-state index contributed by atoms with van der Waals surface area (Å²) in [5, 5.41) is 20.6. The highest BCUT2D eigenvalue weighted by Crippen LogP contribution is 2.71. The molecule has 0 radical (unpaired) electrons. The Morgan fingerprint density at radius 1 is 1.11 bits per heavy atom. The fourth-order valence-corrected chi connectivity index (χ4v) is 7.33. The molecular weight excluding hydrogens is 344 g/mol. The van der Waals surface area contributed by atoms with Crippen molar-refractivity contribution in [3.05, 3.63) is 11.6 Å². The zero-order valence-corrected chi connectivity index (χ0v) is 16.5. The Labute approximate surface area is 160 Å². The Hall–Kier alpha value is -1.33. The molecular formula is C22H30O5. The van der Waals surface area contributed by atoms with Crippen LogP contribution in [0.25, 0.3) is 0 Å². The molecule has 0 aromatic rings. The van der Waals surface area contributed by atoms with Gasteiger partial charge in [0, 0.05) is 29.1 Å². The Bertz CT molecular complexity index is 769. The largest absolute Gasteiger partial charge is 0.388 e. The van der Waals surface area contributed by atoms with Crippen molar-refractivity contribution >= 4 is 17.3 Å². The van der Waals surface area contributed by atoms with Crippen molar-refractivity contribution in [2.45, 2.75) is 71.3 Å². The van der Waals surface area contributed by atoms with Gasteiger partial charge in [-0.25, -0.2) is 0 Å². The first-order valence-electron chi connectivity index (χ1n) is 10.2. The summed E-state index contributed by atoms with van der Waals surface area (Å²) in [6.07, 6.45) is 5.71. The number of Topliss-reactive ketones (excluding diaryl/α,β-unsaturated/α-hetero) is 2. The first kappa shape index (κ1) is 19.0. The second-order valence-electron chi connectivity index (χ2n) is 9.92. The second-order valence-corrected chi connectivity index (χ2v) is 9.92. The lowest BCUT2D eigenvalue weighted by Crippen LogP contribution is -2.65. The lowest BCUT2D eigenvalue weighted by atomic mass is 9.39. The molecule has 0 aliphatic heterocycles. The fraction of sp³-hybridized carbons (Fsp3) is 0.773. The summed E-state index contributed by atoms with van der Waals surface area (Å²) >= 11 is 0. The predicted molar refractivity (Wildman–Crippen MR) is 98.8 cm³/mol. The smallest absolute Gasteiger partial charge is 0.190 e. The van der Waals surface area contributed by atoms with E-state index in [9.17, 15) is 24.6 Å². The molecule has 3 saturated carbocycles. The summed E-state index contributed by atoms with van der Waals surface area (Å²) in [6.45, 7) is 5.38. The van der Waals surface area contributed by atoms with Gasteiger partial charge in [0.15, 0.2) is 11.6 Å². The van der Waals surface area contributed by atoms with Gasteiger partial charge < -0.3 is 10.2 Å². The third-order valence-corrected chi connectivity index (χ3v) is 9.31. The van der Waals surface area contributed by atoms with Crippen LogP contribution < -0.4 is 0 Å². The molecule has 4 aliphatic carbocycles. The van der Waals surface area contributed by atoms with Gasteiger partial charge >= 0.3 is 0 Å². The van der Waals surface area contributed by atoms with Gasteiger partial charge in [0.1, 0.15) is 18.0 Å². The third kappa shape index (κ3) is 2.05. The number of hydrogen-bond donors (Lipinski definition) is 2. The second kappa shape index (κ2) is 5.60. The Balaban J connectivity index is 1.81. The highest BCUT2D eigenvalue weighted by atomic mass is 16.3. The molecule has 0 saturated heterocycles.